The molecular formula is C16H23F2NS. The van der Waals surface area contributed by atoms with Gasteiger partial charge in [0.15, 0.2) is 0 Å². The van der Waals surface area contributed by atoms with E-state index in [1.807, 2.05) is 11.8 Å². The van der Waals surface area contributed by atoms with Gasteiger partial charge in [-0.1, -0.05) is 13.3 Å². The fraction of sp³-hybridized carbons (Fsp3) is 0.625. The summed E-state index contributed by atoms with van der Waals surface area (Å²) in [5, 5.41) is 4.04. The molecule has 1 heterocycles. The van der Waals surface area contributed by atoms with Crippen LogP contribution in [0.2, 0.25) is 0 Å². The van der Waals surface area contributed by atoms with E-state index < -0.39 is 0 Å². The first-order chi connectivity index (χ1) is 9.70. The third kappa shape index (κ3) is 4.45. The molecule has 0 radical (unpaired) electrons. The molecule has 112 valence electrons. The molecule has 0 amide bonds. The zero-order chi connectivity index (χ0) is 14.4. The first kappa shape index (κ1) is 15.8. The van der Waals surface area contributed by atoms with Crippen molar-refractivity contribution >= 4 is 11.8 Å². The molecule has 2 rings (SSSR count). The van der Waals surface area contributed by atoms with Crippen molar-refractivity contribution in [1.82, 2.24) is 5.32 Å². The van der Waals surface area contributed by atoms with Crippen LogP contribution in [0.3, 0.4) is 0 Å². The minimum absolute atomic E-state index is 0.233. The number of hydrogen-bond donors (Lipinski definition) is 1. The highest BCUT2D eigenvalue weighted by Crippen LogP contribution is 2.29. The van der Waals surface area contributed by atoms with Crippen LogP contribution in [0.5, 0.6) is 0 Å². The minimum Gasteiger partial charge on any atom is -0.313 e. The largest absolute Gasteiger partial charge is 0.313 e. The lowest BCUT2D eigenvalue weighted by Crippen LogP contribution is -2.41. The molecule has 2 unspecified atom stereocenters. The Bertz CT molecular complexity index is 419. The maximum atomic E-state index is 13.8. The number of thioether (sulfide) groups is 1. The van der Waals surface area contributed by atoms with Crippen molar-refractivity contribution in [2.24, 2.45) is 0 Å². The second-order valence-electron chi connectivity index (χ2n) is 5.41. The van der Waals surface area contributed by atoms with E-state index in [1.165, 1.54) is 43.2 Å². The van der Waals surface area contributed by atoms with Gasteiger partial charge in [0.2, 0.25) is 0 Å². The monoisotopic (exact) mass is 299 g/mol. The summed E-state index contributed by atoms with van der Waals surface area (Å²) in [6.07, 6.45) is 5.31. The summed E-state index contributed by atoms with van der Waals surface area (Å²) in [5.41, 5.74) is 0.491. The summed E-state index contributed by atoms with van der Waals surface area (Å²) in [6, 6.07) is 3.98. The maximum Gasteiger partial charge on any atom is 0.126 e. The van der Waals surface area contributed by atoms with Crippen molar-refractivity contribution in [3.8, 4) is 0 Å². The molecule has 0 saturated carbocycles. The Kier molecular flexibility index (Phi) is 6.30. The fourth-order valence-corrected chi connectivity index (χ4v) is 4.12. The van der Waals surface area contributed by atoms with Crippen molar-refractivity contribution in [3.05, 3.63) is 35.4 Å². The molecular weight excluding hydrogens is 276 g/mol. The van der Waals surface area contributed by atoms with Crippen molar-refractivity contribution in [2.45, 2.75) is 50.3 Å². The number of benzene rings is 1. The van der Waals surface area contributed by atoms with Crippen LogP contribution >= 0.6 is 11.8 Å². The molecule has 1 aliphatic heterocycles. The van der Waals surface area contributed by atoms with Gasteiger partial charge < -0.3 is 5.32 Å². The van der Waals surface area contributed by atoms with E-state index in [9.17, 15) is 8.78 Å². The third-order valence-corrected chi connectivity index (χ3v) is 5.28. The van der Waals surface area contributed by atoms with Crippen LogP contribution in [0.4, 0.5) is 8.78 Å². The van der Waals surface area contributed by atoms with Crippen molar-refractivity contribution in [1.29, 1.82) is 0 Å². The second kappa shape index (κ2) is 7.99. The summed E-state index contributed by atoms with van der Waals surface area (Å²) < 4.78 is 27.1. The number of nitrogens with one attached hydrogen (secondary N) is 1. The number of hydrogen-bond acceptors (Lipinski definition) is 2. The van der Waals surface area contributed by atoms with E-state index in [2.05, 4.69) is 12.2 Å². The van der Waals surface area contributed by atoms with Gasteiger partial charge in [0, 0.05) is 11.3 Å². The molecule has 1 N–H and O–H groups in total. The topological polar surface area (TPSA) is 12.0 Å². The van der Waals surface area contributed by atoms with E-state index >= 15 is 0 Å². The zero-order valence-corrected chi connectivity index (χ0v) is 12.8. The van der Waals surface area contributed by atoms with Crippen molar-refractivity contribution in [3.63, 3.8) is 0 Å². The average Bonchev–Trinajstić information content (AvgIpc) is 2.48. The fourth-order valence-electron chi connectivity index (χ4n) is 2.68. The van der Waals surface area contributed by atoms with Crippen LogP contribution in [-0.2, 0) is 6.42 Å². The molecule has 2 atom stereocenters. The highest BCUT2D eigenvalue weighted by atomic mass is 32.2. The van der Waals surface area contributed by atoms with E-state index in [4.69, 9.17) is 0 Å². The Labute approximate surface area is 124 Å². The normalized spacial score (nSPS) is 20.9. The quantitative estimate of drug-likeness (QED) is 0.846. The maximum absolute atomic E-state index is 13.8. The van der Waals surface area contributed by atoms with Gasteiger partial charge in [-0.25, -0.2) is 8.78 Å². The molecule has 4 heteroatoms. The molecule has 1 aromatic rings. The summed E-state index contributed by atoms with van der Waals surface area (Å²) >= 11 is 1.97. The highest BCUT2D eigenvalue weighted by Gasteiger charge is 2.24. The van der Waals surface area contributed by atoms with E-state index in [0.29, 0.717) is 17.2 Å². The first-order valence-corrected chi connectivity index (χ1v) is 8.54. The van der Waals surface area contributed by atoms with Gasteiger partial charge in [0.1, 0.15) is 11.6 Å². The van der Waals surface area contributed by atoms with E-state index in [1.54, 1.807) is 0 Å². The average molecular weight is 299 g/mol. The van der Waals surface area contributed by atoms with Crippen LogP contribution in [0.25, 0.3) is 0 Å². The van der Waals surface area contributed by atoms with Gasteiger partial charge in [-0.15, -0.1) is 0 Å². The standard InChI is InChI=1S/C16H23F2NS/c1-2-8-19-15(16-5-3-4-9-20-16)11-12-10-13(17)6-7-14(12)18/h6-7,10,15-16,19H,2-5,8-9,11H2,1H3. The third-order valence-electron chi connectivity index (χ3n) is 3.77. The lowest BCUT2D eigenvalue weighted by atomic mass is 9.99. The molecule has 1 nitrogen and oxygen atoms in total. The van der Waals surface area contributed by atoms with E-state index in [0.717, 1.165) is 13.0 Å². The SMILES string of the molecule is CCCNC(Cc1cc(F)ccc1F)C1CCCCS1. The highest BCUT2D eigenvalue weighted by molar-refractivity contribution is 8.00. The van der Waals surface area contributed by atoms with E-state index in [-0.39, 0.29) is 17.7 Å². The Hall–Kier alpha value is -0.610. The predicted molar refractivity (Wildman–Crippen MR) is 82.2 cm³/mol. The Morgan fingerprint density at radius 3 is 2.90 bits per heavy atom. The Balaban J connectivity index is 2.07. The molecule has 1 saturated heterocycles. The van der Waals surface area contributed by atoms with Crippen molar-refractivity contribution < 1.29 is 8.78 Å². The second-order valence-corrected chi connectivity index (χ2v) is 6.75. The van der Waals surface area contributed by atoms with Crippen LogP contribution < -0.4 is 5.32 Å². The molecule has 20 heavy (non-hydrogen) atoms. The van der Waals surface area contributed by atoms with Gasteiger partial charge in [0.05, 0.1) is 0 Å². The zero-order valence-electron chi connectivity index (χ0n) is 12.0. The van der Waals surface area contributed by atoms with Gasteiger partial charge in [0.25, 0.3) is 0 Å². The molecule has 0 aromatic heterocycles. The first-order valence-electron chi connectivity index (χ1n) is 7.49. The summed E-state index contributed by atoms with van der Waals surface area (Å²) in [7, 11) is 0. The lowest BCUT2D eigenvalue weighted by molar-refractivity contribution is 0.452. The lowest BCUT2D eigenvalue weighted by Gasteiger charge is -2.31. The van der Waals surface area contributed by atoms with Crippen LogP contribution in [0, 0.1) is 11.6 Å². The molecule has 0 bridgehead atoms. The molecule has 0 aliphatic carbocycles. The Morgan fingerprint density at radius 2 is 2.20 bits per heavy atom. The van der Waals surface area contributed by atoms with Gasteiger partial charge in [-0.2, -0.15) is 11.8 Å². The molecule has 1 fully saturated rings. The summed E-state index contributed by atoms with van der Waals surface area (Å²) in [5.74, 6) is 0.531. The molecule has 0 spiro atoms. The summed E-state index contributed by atoms with van der Waals surface area (Å²) in [6.45, 7) is 3.06. The number of halogens is 2. The smallest absolute Gasteiger partial charge is 0.126 e. The minimum atomic E-state index is -0.355. The molecule has 1 aromatic carbocycles. The van der Waals surface area contributed by atoms with Gasteiger partial charge in [-0.3, -0.25) is 0 Å². The van der Waals surface area contributed by atoms with Gasteiger partial charge in [-0.05, 0) is 61.7 Å². The van der Waals surface area contributed by atoms with Crippen LogP contribution in [0.1, 0.15) is 38.2 Å². The Morgan fingerprint density at radius 1 is 1.35 bits per heavy atom. The van der Waals surface area contributed by atoms with Gasteiger partial charge >= 0.3 is 0 Å². The predicted octanol–water partition coefficient (Wildman–Crippen LogP) is 4.16. The summed E-state index contributed by atoms with van der Waals surface area (Å²) in [4.78, 5) is 0. The van der Waals surface area contributed by atoms with Crippen LogP contribution in [0.15, 0.2) is 18.2 Å². The number of rotatable bonds is 6. The molecule has 1 aliphatic rings. The van der Waals surface area contributed by atoms with Crippen molar-refractivity contribution in [2.75, 3.05) is 12.3 Å². The van der Waals surface area contributed by atoms with Crippen LogP contribution in [-0.4, -0.2) is 23.6 Å².